The minimum atomic E-state index is -0.257. The normalized spacial score (nSPS) is 10.8. The lowest BCUT2D eigenvalue weighted by atomic mass is 10.3. The van der Waals surface area contributed by atoms with E-state index in [1.54, 1.807) is 18.2 Å². The van der Waals surface area contributed by atoms with E-state index in [1.807, 2.05) is 28.8 Å². The van der Waals surface area contributed by atoms with Gasteiger partial charge >= 0.3 is 0 Å². The fourth-order valence-electron chi connectivity index (χ4n) is 2.09. The van der Waals surface area contributed by atoms with Gasteiger partial charge in [0.25, 0.3) is 0 Å². The number of aromatic nitrogens is 3. The van der Waals surface area contributed by atoms with Crippen LogP contribution in [0.25, 0.3) is 5.65 Å². The lowest BCUT2D eigenvalue weighted by Crippen LogP contribution is -2.24. The average Bonchev–Trinajstić information content (AvgIpc) is 2.98. The predicted molar refractivity (Wildman–Crippen MR) is 86.6 cm³/mol. The van der Waals surface area contributed by atoms with Gasteiger partial charge in [0.1, 0.15) is 5.82 Å². The van der Waals surface area contributed by atoms with Gasteiger partial charge in [0, 0.05) is 23.3 Å². The number of nitrogens with zero attached hydrogens (tertiary/aromatic N) is 3. The molecule has 0 unspecified atom stereocenters. The van der Waals surface area contributed by atoms with Crippen LogP contribution in [0.2, 0.25) is 0 Å². The van der Waals surface area contributed by atoms with E-state index in [1.165, 1.54) is 17.8 Å². The Morgan fingerprint density at radius 1 is 1.17 bits per heavy atom. The van der Waals surface area contributed by atoms with Crippen molar-refractivity contribution < 1.29 is 9.18 Å². The van der Waals surface area contributed by atoms with E-state index in [2.05, 4.69) is 15.5 Å². The second kappa shape index (κ2) is 7.23. The van der Waals surface area contributed by atoms with Crippen LogP contribution in [0.5, 0.6) is 0 Å². The number of fused-ring (bicyclic) bond motifs is 1. The molecule has 1 N–H and O–H groups in total. The molecule has 2 aromatic heterocycles. The van der Waals surface area contributed by atoms with Crippen molar-refractivity contribution in [1.82, 2.24) is 19.9 Å². The van der Waals surface area contributed by atoms with E-state index >= 15 is 0 Å². The summed E-state index contributed by atoms with van der Waals surface area (Å²) in [5.74, 6) is 0.845. The third kappa shape index (κ3) is 3.87. The highest BCUT2D eigenvalue weighted by Crippen LogP contribution is 2.21. The Kier molecular flexibility index (Phi) is 4.87. The SMILES string of the molecule is O=C(CCSc1ccccc1F)NCc1nnc2ccccn12. The molecular formula is C16H15FN4OS. The maximum absolute atomic E-state index is 13.5. The second-order valence-electron chi connectivity index (χ2n) is 4.85. The highest BCUT2D eigenvalue weighted by molar-refractivity contribution is 7.99. The van der Waals surface area contributed by atoms with E-state index in [4.69, 9.17) is 0 Å². The van der Waals surface area contributed by atoms with E-state index in [0.717, 1.165) is 5.65 Å². The van der Waals surface area contributed by atoms with Crippen LogP contribution < -0.4 is 5.32 Å². The van der Waals surface area contributed by atoms with Crippen molar-refractivity contribution in [2.45, 2.75) is 17.9 Å². The summed E-state index contributed by atoms with van der Waals surface area (Å²) in [6.07, 6.45) is 2.17. The molecule has 3 aromatic rings. The van der Waals surface area contributed by atoms with E-state index in [0.29, 0.717) is 29.4 Å². The van der Waals surface area contributed by atoms with Crippen LogP contribution in [0.1, 0.15) is 12.2 Å². The largest absolute Gasteiger partial charge is 0.349 e. The smallest absolute Gasteiger partial charge is 0.221 e. The summed E-state index contributed by atoms with van der Waals surface area (Å²) in [4.78, 5) is 12.4. The summed E-state index contributed by atoms with van der Waals surface area (Å²) in [5, 5.41) is 10.9. The van der Waals surface area contributed by atoms with Gasteiger partial charge in [0.15, 0.2) is 11.5 Å². The molecule has 0 spiro atoms. The lowest BCUT2D eigenvalue weighted by Gasteiger charge is -2.05. The highest BCUT2D eigenvalue weighted by atomic mass is 32.2. The first-order chi connectivity index (χ1) is 11.2. The number of halogens is 1. The third-order valence-corrected chi connectivity index (χ3v) is 4.30. The first-order valence-electron chi connectivity index (χ1n) is 7.17. The van der Waals surface area contributed by atoms with Crippen molar-refractivity contribution in [3.05, 3.63) is 60.3 Å². The maximum atomic E-state index is 13.5. The Hall–Kier alpha value is -2.41. The number of benzene rings is 1. The molecule has 23 heavy (non-hydrogen) atoms. The van der Waals surface area contributed by atoms with Gasteiger partial charge < -0.3 is 5.32 Å². The number of carbonyl (C=O) groups is 1. The molecule has 2 heterocycles. The molecule has 7 heteroatoms. The lowest BCUT2D eigenvalue weighted by molar-refractivity contribution is -0.120. The first kappa shape index (κ1) is 15.5. The zero-order valence-electron chi connectivity index (χ0n) is 12.3. The Balaban J connectivity index is 1.47. The molecule has 0 saturated heterocycles. The van der Waals surface area contributed by atoms with E-state index in [9.17, 15) is 9.18 Å². The van der Waals surface area contributed by atoms with Gasteiger partial charge in [-0.05, 0) is 24.3 Å². The summed E-state index contributed by atoms with van der Waals surface area (Å²) in [6.45, 7) is 0.314. The molecule has 0 aliphatic heterocycles. The Bertz CT molecular complexity index is 820. The van der Waals surface area contributed by atoms with Gasteiger partial charge in [-0.2, -0.15) is 0 Å². The molecule has 0 atom stereocenters. The van der Waals surface area contributed by atoms with Crippen molar-refractivity contribution >= 4 is 23.3 Å². The maximum Gasteiger partial charge on any atom is 0.221 e. The standard InChI is InChI=1S/C16H15FN4OS/c17-12-5-1-2-6-13(12)23-10-8-16(22)18-11-15-20-19-14-7-3-4-9-21(14)15/h1-7,9H,8,10-11H2,(H,18,22). The Morgan fingerprint density at radius 2 is 2.00 bits per heavy atom. The number of hydrogen-bond acceptors (Lipinski definition) is 4. The molecular weight excluding hydrogens is 315 g/mol. The van der Waals surface area contributed by atoms with Crippen molar-refractivity contribution in [3.63, 3.8) is 0 Å². The van der Waals surface area contributed by atoms with E-state index < -0.39 is 0 Å². The van der Waals surface area contributed by atoms with Gasteiger partial charge in [-0.25, -0.2) is 4.39 Å². The van der Waals surface area contributed by atoms with Crippen LogP contribution in [0.4, 0.5) is 4.39 Å². The Morgan fingerprint density at radius 3 is 2.87 bits per heavy atom. The topological polar surface area (TPSA) is 59.3 Å². The number of rotatable bonds is 6. The van der Waals surface area contributed by atoms with Gasteiger partial charge in [-0.3, -0.25) is 9.20 Å². The van der Waals surface area contributed by atoms with Crippen molar-refractivity contribution in [2.24, 2.45) is 0 Å². The van der Waals surface area contributed by atoms with Gasteiger partial charge in [0.2, 0.25) is 5.91 Å². The molecule has 0 aliphatic carbocycles. The van der Waals surface area contributed by atoms with Gasteiger partial charge in [-0.1, -0.05) is 18.2 Å². The minimum Gasteiger partial charge on any atom is -0.349 e. The number of nitrogens with one attached hydrogen (secondary N) is 1. The van der Waals surface area contributed by atoms with Crippen LogP contribution in [0, 0.1) is 5.82 Å². The fourth-order valence-corrected chi connectivity index (χ4v) is 2.98. The summed E-state index contributed by atoms with van der Waals surface area (Å²) in [6, 6.07) is 12.2. The zero-order valence-corrected chi connectivity index (χ0v) is 13.1. The number of amides is 1. The molecule has 1 aromatic carbocycles. The molecule has 1 amide bonds. The summed E-state index contributed by atoms with van der Waals surface area (Å²) in [7, 11) is 0. The molecule has 0 aliphatic rings. The molecule has 3 rings (SSSR count). The average molecular weight is 330 g/mol. The van der Waals surface area contributed by atoms with Gasteiger partial charge in [0.05, 0.1) is 6.54 Å². The van der Waals surface area contributed by atoms with Crippen molar-refractivity contribution in [3.8, 4) is 0 Å². The second-order valence-corrected chi connectivity index (χ2v) is 5.99. The van der Waals surface area contributed by atoms with Crippen LogP contribution in [0.3, 0.4) is 0 Å². The van der Waals surface area contributed by atoms with Crippen molar-refractivity contribution in [1.29, 1.82) is 0 Å². The summed E-state index contributed by atoms with van der Waals surface area (Å²) in [5.41, 5.74) is 0.742. The zero-order chi connectivity index (χ0) is 16.1. The van der Waals surface area contributed by atoms with Crippen LogP contribution >= 0.6 is 11.8 Å². The fraction of sp³-hybridized carbons (Fsp3) is 0.188. The summed E-state index contributed by atoms with van der Waals surface area (Å²) >= 11 is 1.33. The Labute approximate surface area is 136 Å². The molecule has 0 fully saturated rings. The number of hydrogen-bond donors (Lipinski definition) is 1. The monoisotopic (exact) mass is 330 g/mol. The third-order valence-electron chi connectivity index (χ3n) is 3.25. The number of carbonyl (C=O) groups excluding carboxylic acids is 1. The summed E-state index contributed by atoms with van der Waals surface area (Å²) < 4.78 is 15.3. The van der Waals surface area contributed by atoms with Crippen LogP contribution in [0.15, 0.2) is 53.6 Å². The molecule has 0 bridgehead atoms. The quantitative estimate of drug-likeness (QED) is 0.706. The minimum absolute atomic E-state index is 0.0958. The van der Waals surface area contributed by atoms with E-state index in [-0.39, 0.29) is 11.7 Å². The number of thioether (sulfide) groups is 1. The molecule has 118 valence electrons. The predicted octanol–water partition coefficient (Wildman–Crippen LogP) is 2.67. The molecule has 0 radical (unpaired) electrons. The number of pyridine rings is 1. The van der Waals surface area contributed by atoms with Crippen molar-refractivity contribution in [2.75, 3.05) is 5.75 Å². The van der Waals surface area contributed by atoms with Crippen LogP contribution in [-0.2, 0) is 11.3 Å². The van der Waals surface area contributed by atoms with Crippen LogP contribution in [-0.4, -0.2) is 26.3 Å². The van der Waals surface area contributed by atoms with Gasteiger partial charge in [-0.15, -0.1) is 22.0 Å². The highest BCUT2D eigenvalue weighted by Gasteiger charge is 2.08. The molecule has 0 saturated carbocycles. The molecule has 5 nitrogen and oxygen atoms in total. The first-order valence-corrected chi connectivity index (χ1v) is 8.15.